The Morgan fingerprint density at radius 1 is 1.09 bits per heavy atom. The van der Waals surface area contributed by atoms with Gasteiger partial charge < -0.3 is 4.74 Å². The van der Waals surface area contributed by atoms with Crippen LogP contribution < -0.4 is 0 Å². The summed E-state index contributed by atoms with van der Waals surface area (Å²) in [4.78, 5) is 12.4. The van der Waals surface area contributed by atoms with Crippen LogP contribution in [0.3, 0.4) is 0 Å². The SMILES string of the molecule is COC1=CC2=CC[C@H]3[C@H]4CCC(=O)[C@]4(C)CC[C@@H]3[C@@]2(C)CC1. The summed E-state index contributed by atoms with van der Waals surface area (Å²) in [6.45, 7) is 4.73. The highest BCUT2D eigenvalue weighted by Gasteiger charge is 2.58. The molecule has 2 fully saturated rings. The highest BCUT2D eigenvalue weighted by Crippen LogP contribution is 2.63. The Labute approximate surface area is 134 Å². The fraction of sp³-hybridized carbons (Fsp3) is 0.750. The second kappa shape index (κ2) is 4.72. The highest BCUT2D eigenvalue weighted by molar-refractivity contribution is 5.87. The van der Waals surface area contributed by atoms with Gasteiger partial charge in [0.2, 0.25) is 0 Å². The normalized spacial score (nSPS) is 47.0. The zero-order valence-electron chi connectivity index (χ0n) is 14.2. The van der Waals surface area contributed by atoms with Crippen molar-refractivity contribution in [3.05, 3.63) is 23.5 Å². The van der Waals surface area contributed by atoms with Gasteiger partial charge in [-0.1, -0.05) is 19.9 Å². The lowest BCUT2D eigenvalue weighted by Gasteiger charge is -2.55. The van der Waals surface area contributed by atoms with Gasteiger partial charge in [-0.25, -0.2) is 0 Å². The highest BCUT2D eigenvalue weighted by atomic mass is 16.5. The molecule has 0 heterocycles. The van der Waals surface area contributed by atoms with Crippen molar-refractivity contribution < 1.29 is 9.53 Å². The van der Waals surface area contributed by atoms with E-state index < -0.39 is 0 Å². The number of carbonyl (C=O) groups excluding carboxylic acids is 1. The van der Waals surface area contributed by atoms with Crippen molar-refractivity contribution in [2.75, 3.05) is 7.11 Å². The summed E-state index contributed by atoms with van der Waals surface area (Å²) in [5, 5.41) is 0. The topological polar surface area (TPSA) is 26.3 Å². The molecule has 0 N–H and O–H groups in total. The molecule has 4 aliphatic carbocycles. The van der Waals surface area contributed by atoms with Crippen LogP contribution in [-0.2, 0) is 9.53 Å². The standard InChI is InChI=1S/C20H28O2/c1-19-10-8-14(22-3)12-13(19)4-5-15-16-6-7-18(21)20(16,2)11-9-17(15)19/h4,12,15-17H,5-11H2,1-3H3/t15-,16+,17-,19-,20+/m0/s1. The van der Waals surface area contributed by atoms with Gasteiger partial charge in [0.25, 0.3) is 0 Å². The van der Waals surface area contributed by atoms with Gasteiger partial charge in [-0.3, -0.25) is 4.79 Å². The summed E-state index contributed by atoms with van der Waals surface area (Å²) in [5.41, 5.74) is 1.80. The predicted octanol–water partition coefficient (Wildman–Crippen LogP) is 4.66. The second-order valence-corrected chi connectivity index (χ2v) is 8.42. The van der Waals surface area contributed by atoms with Crippen LogP contribution in [0.2, 0.25) is 0 Å². The molecule has 2 saturated carbocycles. The van der Waals surface area contributed by atoms with Crippen molar-refractivity contribution in [1.82, 2.24) is 0 Å². The Kier molecular flexibility index (Phi) is 3.12. The third-order valence-corrected chi connectivity index (χ3v) is 7.70. The molecule has 0 aliphatic heterocycles. The van der Waals surface area contributed by atoms with E-state index in [9.17, 15) is 4.79 Å². The van der Waals surface area contributed by atoms with Crippen molar-refractivity contribution in [3.8, 4) is 0 Å². The summed E-state index contributed by atoms with van der Waals surface area (Å²) in [7, 11) is 1.79. The summed E-state index contributed by atoms with van der Waals surface area (Å²) < 4.78 is 5.50. The summed E-state index contributed by atoms with van der Waals surface area (Å²) in [6, 6.07) is 0. The fourth-order valence-electron chi connectivity index (χ4n) is 6.23. The molecule has 0 unspecified atom stereocenters. The number of ether oxygens (including phenoxy) is 1. The van der Waals surface area contributed by atoms with Gasteiger partial charge in [-0.15, -0.1) is 0 Å². The van der Waals surface area contributed by atoms with Crippen LogP contribution in [0.15, 0.2) is 23.5 Å². The van der Waals surface area contributed by atoms with E-state index in [1.165, 1.54) is 18.4 Å². The van der Waals surface area contributed by atoms with E-state index in [2.05, 4.69) is 26.0 Å². The van der Waals surface area contributed by atoms with E-state index in [0.29, 0.717) is 17.1 Å². The van der Waals surface area contributed by atoms with E-state index in [4.69, 9.17) is 4.74 Å². The monoisotopic (exact) mass is 300 g/mol. The average Bonchev–Trinajstić information content (AvgIpc) is 2.82. The summed E-state index contributed by atoms with van der Waals surface area (Å²) >= 11 is 0. The third kappa shape index (κ3) is 1.76. The Balaban J connectivity index is 1.71. The van der Waals surface area contributed by atoms with E-state index >= 15 is 0 Å². The molecule has 0 aromatic heterocycles. The number of fused-ring (bicyclic) bond motifs is 5. The molecule has 0 aromatic carbocycles. The molecular formula is C20H28O2. The second-order valence-electron chi connectivity index (χ2n) is 8.42. The minimum absolute atomic E-state index is 0.00886. The summed E-state index contributed by atoms with van der Waals surface area (Å²) in [5.74, 6) is 3.78. The number of carbonyl (C=O) groups is 1. The molecule has 0 aromatic rings. The molecule has 0 spiro atoms. The number of hydrogen-bond donors (Lipinski definition) is 0. The van der Waals surface area contributed by atoms with Crippen molar-refractivity contribution in [1.29, 1.82) is 0 Å². The lowest BCUT2D eigenvalue weighted by Crippen LogP contribution is -2.49. The lowest BCUT2D eigenvalue weighted by atomic mass is 9.49. The van der Waals surface area contributed by atoms with Crippen LogP contribution >= 0.6 is 0 Å². The van der Waals surface area contributed by atoms with E-state index in [1.54, 1.807) is 7.11 Å². The molecule has 120 valence electrons. The maximum Gasteiger partial charge on any atom is 0.139 e. The van der Waals surface area contributed by atoms with Gasteiger partial charge in [0.1, 0.15) is 5.78 Å². The first kappa shape index (κ1) is 14.5. The predicted molar refractivity (Wildman–Crippen MR) is 87.2 cm³/mol. The molecule has 0 bridgehead atoms. The largest absolute Gasteiger partial charge is 0.501 e. The molecule has 0 radical (unpaired) electrons. The number of rotatable bonds is 1. The number of allylic oxidation sites excluding steroid dienone is 4. The number of ketones is 1. The van der Waals surface area contributed by atoms with Crippen LogP contribution in [0.5, 0.6) is 0 Å². The zero-order valence-corrected chi connectivity index (χ0v) is 14.2. The quantitative estimate of drug-likeness (QED) is 0.704. The van der Waals surface area contributed by atoms with Gasteiger partial charge >= 0.3 is 0 Å². The summed E-state index contributed by atoms with van der Waals surface area (Å²) in [6.07, 6.45) is 12.5. The molecule has 22 heavy (non-hydrogen) atoms. The van der Waals surface area contributed by atoms with Gasteiger partial charge in [-0.05, 0) is 66.9 Å². The van der Waals surface area contributed by atoms with Crippen LogP contribution in [0.25, 0.3) is 0 Å². The molecule has 2 heteroatoms. The molecule has 4 aliphatic rings. The van der Waals surface area contributed by atoms with E-state index in [0.717, 1.165) is 49.7 Å². The Bertz CT molecular complexity index is 572. The number of hydrogen-bond acceptors (Lipinski definition) is 2. The number of methoxy groups -OCH3 is 1. The minimum atomic E-state index is -0.00886. The van der Waals surface area contributed by atoms with Crippen molar-refractivity contribution >= 4 is 5.78 Å². The molecule has 0 saturated heterocycles. The van der Waals surface area contributed by atoms with Crippen LogP contribution in [0, 0.1) is 28.6 Å². The maximum absolute atomic E-state index is 12.4. The maximum atomic E-state index is 12.4. The Morgan fingerprint density at radius 3 is 2.64 bits per heavy atom. The van der Waals surface area contributed by atoms with Crippen LogP contribution in [-0.4, -0.2) is 12.9 Å². The first-order valence-electron chi connectivity index (χ1n) is 8.97. The average molecular weight is 300 g/mol. The van der Waals surface area contributed by atoms with E-state index in [1.807, 2.05) is 0 Å². The van der Waals surface area contributed by atoms with Gasteiger partial charge in [-0.2, -0.15) is 0 Å². The third-order valence-electron chi connectivity index (χ3n) is 7.70. The van der Waals surface area contributed by atoms with Gasteiger partial charge in [0.15, 0.2) is 0 Å². The molecule has 4 rings (SSSR count). The fourth-order valence-corrected chi connectivity index (χ4v) is 6.23. The first-order valence-corrected chi connectivity index (χ1v) is 8.97. The van der Waals surface area contributed by atoms with Gasteiger partial charge in [0, 0.05) is 18.3 Å². The molecule has 0 amide bonds. The van der Waals surface area contributed by atoms with Crippen molar-refractivity contribution in [3.63, 3.8) is 0 Å². The minimum Gasteiger partial charge on any atom is -0.501 e. The van der Waals surface area contributed by atoms with Crippen molar-refractivity contribution in [2.45, 2.75) is 58.8 Å². The zero-order chi connectivity index (χ0) is 15.5. The molecule has 5 atom stereocenters. The lowest BCUT2D eigenvalue weighted by molar-refractivity contribution is -0.131. The Hall–Kier alpha value is -1.05. The molecule has 2 nitrogen and oxygen atoms in total. The van der Waals surface area contributed by atoms with Crippen molar-refractivity contribution in [2.24, 2.45) is 28.6 Å². The number of Topliss-reactive ketones (excluding diaryl/α,β-unsaturated/α-hetero) is 1. The molecular weight excluding hydrogens is 272 g/mol. The van der Waals surface area contributed by atoms with Gasteiger partial charge in [0.05, 0.1) is 12.9 Å². The van der Waals surface area contributed by atoms with E-state index in [-0.39, 0.29) is 5.41 Å². The smallest absolute Gasteiger partial charge is 0.139 e. The van der Waals surface area contributed by atoms with Crippen LogP contribution in [0.4, 0.5) is 0 Å². The Morgan fingerprint density at radius 2 is 1.86 bits per heavy atom. The first-order chi connectivity index (χ1) is 10.5. The van der Waals surface area contributed by atoms with Crippen LogP contribution in [0.1, 0.15) is 58.8 Å².